The Hall–Kier alpha value is -1.36. The molecule has 1 atom stereocenters. The summed E-state index contributed by atoms with van der Waals surface area (Å²) in [6, 6.07) is 0. The lowest BCUT2D eigenvalue weighted by Gasteiger charge is -2.19. The predicted octanol–water partition coefficient (Wildman–Crippen LogP) is -0.155. The number of nitrogens with zero attached hydrogens (tertiary/aromatic N) is 3. The molecule has 5 heteroatoms. The number of imidazole rings is 1. The Morgan fingerprint density at radius 1 is 1.73 bits per heavy atom. The van der Waals surface area contributed by atoms with E-state index in [9.17, 15) is 0 Å². The summed E-state index contributed by atoms with van der Waals surface area (Å²) in [7, 11) is 1.88. The summed E-state index contributed by atoms with van der Waals surface area (Å²) in [5.41, 5.74) is 6.53. The summed E-state index contributed by atoms with van der Waals surface area (Å²) in [6.07, 6.45) is 3.01. The van der Waals surface area contributed by atoms with Crippen LogP contribution in [-0.4, -0.2) is 23.4 Å². The van der Waals surface area contributed by atoms with Gasteiger partial charge in [-0.15, -0.1) is 0 Å². The Bertz CT molecular complexity index is 262. The van der Waals surface area contributed by atoms with Gasteiger partial charge >= 0.3 is 0 Å². The Morgan fingerprint density at radius 2 is 2.55 bits per heavy atom. The van der Waals surface area contributed by atoms with Crippen LogP contribution in [-0.2, 0) is 0 Å². The fourth-order valence-corrected chi connectivity index (χ4v) is 1.10. The molecule has 0 saturated carbocycles. The molecule has 0 bridgehead atoms. The molecule has 1 aromatic heterocycles. The van der Waals surface area contributed by atoms with E-state index in [0.29, 0.717) is 0 Å². The van der Waals surface area contributed by atoms with E-state index in [4.69, 9.17) is 5.73 Å². The average Bonchev–Trinajstić information content (AvgIpc) is 2.45. The molecule has 1 aromatic rings. The first kappa shape index (κ1) is 6.36. The molecule has 0 amide bonds. The highest BCUT2D eigenvalue weighted by Gasteiger charge is 2.18. The summed E-state index contributed by atoms with van der Waals surface area (Å²) >= 11 is 0. The van der Waals surface area contributed by atoms with Crippen molar-refractivity contribution in [3.05, 3.63) is 12.0 Å². The molecule has 2 heterocycles. The number of nitrogens with one attached hydrogen (secondary N) is 1. The summed E-state index contributed by atoms with van der Waals surface area (Å²) in [4.78, 5) is 12.9. The lowest BCUT2D eigenvalue weighted by Crippen LogP contribution is -2.25. The molecule has 5 nitrogen and oxygen atoms in total. The second-order valence-electron chi connectivity index (χ2n) is 2.46. The standard InChI is InChI=1S/C6H9N5/c1-11-3-10-5(7)4-6(11)9-2-8-4/h2-3,5H,7H2,1H3,(H,8,9)/t5-/m0/s1. The van der Waals surface area contributed by atoms with E-state index < -0.39 is 0 Å². The average molecular weight is 151 g/mol. The van der Waals surface area contributed by atoms with Gasteiger partial charge in [0, 0.05) is 7.05 Å². The van der Waals surface area contributed by atoms with Crippen LogP contribution in [0.1, 0.15) is 11.9 Å². The molecule has 0 aromatic carbocycles. The normalized spacial score (nSPS) is 22.0. The summed E-state index contributed by atoms with van der Waals surface area (Å²) in [6.45, 7) is 0. The summed E-state index contributed by atoms with van der Waals surface area (Å²) in [5, 5.41) is 0. The summed E-state index contributed by atoms with van der Waals surface area (Å²) in [5.74, 6) is 0.854. The van der Waals surface area contributed by atoms with Gasteiger partial charge in [-0.25, -0.2) is 4.98 Å². The van der Waals surface area contributed by atoms with Crippen molar-refractivity contribution >= 4 is 12.2 Å². The maximum absolute atomic E-state index is 5.66. The predicted molar refractivity (Wildman–Crippen MR) is 42.4 cm³/mol. The van der Waals surface area contributed by atoms with Gasteiger partial charge in [0.15, 0.2) is 5.82 Å². The van der Waals surface area contributed by atoms with Gasteiger partial charge in [0.1, 0.15) is 6.17 Å². The van der Waals surface area contributed by atoms with Crippen LogP contribution in [0.2, 0.25) is 0 Å². The maximum atomic E-state index is 5.66. The van der Waals surface area contributed by atoms with Crippen LogP contribution in [0.5, 0.6) is 0 Å². The van der Waals surface area contributed by atoms with Crippen molar-refractivity contribution in [3.63, 3.8) is 0 Å². The van der Waals surface area contributed by atoms with Crippen LogP contribution < -0.4 is 10.6 Å². The third-order valence-corrected chi connectivity index (χ3v) is 1.68. The highest BCUT2D eigenvalue weighted by Crippen LogP contribution is 2.23. The number of aromatic nitrogens is 2. The topological polar surface area (TPSA) is 70.3 Å². The molecule has 0 fully saturated rings. The SMILES string of the molecule is CN1C=N[C@H](N)c2[nH]cnc21. The van der Waals surface area contributed by atoms with Crippen molar-refractivity contribution in [1.82, 2.24) is 9.97 Å². The van der Waals surface area contributed by atoms with Crippen LogP contribution in [0.3, 0.4) is 0 Å². The number of nitrogens with two attached hydrogens (primary N) is 1. The molecule has 0 saturated heterocycles. The fourth-order valence-electron chi connectivity index (χ4n) is 1.10. The van der Waals surface area contributed by atoms with E-state index in [1.165, 1.54) is 0 Å². The molecule has 2 rings (SSSR count). The molecule has 1 aliphatic rings. The van der Waals surface area contributed by atoms with Crippen LogP contribution in [0, 0.1) is 0 Å². The first-order chi connectivity index (χ1) is 5.29. The highest BCUT2D eigenvalue weighted by molar-refractivity contribution is 5.80. The molecule has 0 spiro atoms. The van der Waals surface area contributed by atoms with Crippen LogP contribution >= 0.6 is 0 Å². The van der Waals surface area contributed by atoms with Crippen molar-refractivity contribution < 1.29 is 0 Å². The van der Waals surface area contributed by atoms with Gasteiger partial charge in [-0.2, -0.15) is 0 Å². The fraction of sp³-hybridized carbons (Fsp3) is 0.333. The molecular formula is C6H9N5. The lowest BCUT2D eigenvalue weighted by atomic mass is 10.3. The molecule has 1 aliphatic heterocycles. The second-order valence-corrected chi connectivity index (χ2v) is 2.46. The Labute approximate surface area is 63.9 Å². The molecule has 3 N–H and O–H groups in total. The van der Waals surface area contributed by atoms with Crippen molar-refractivity contribution in [2.75, 3.05) is 11.9 Å². The van der Waals surface area contributed by atoms with E-state index in [1.807, 2.05) is 11.9 Å². The molecule has 0 radical (unpaired) electrons. The van der Waals surface area contributed by atoms with Crippen molar-refractivity contribution in [2.24, 2.45) is 10.7 Å². The smallest absolute Gasteiger partial charge is 0.158 e. The zero-order chi connectivity index (χ0) is 7.84. The van der Waals surface area contributed by atoms with Crippen LogP contribution in [0.25, 0.3) is 0 Å². The Kier molecular flexibility index (Phi) is 1.19. The highest BCUT2D eigenvalue weighted by atomic mass is 15.3. The first-order valence-electron chi connectivity index (χ1n) is 3.34. The summed E-state index contributed by atoms with van der Waals surface area (Å²) < 4.78 is 0. The monoisotopic (exact) mass is 151 g/mol. The Morgan fingerprint density at radius 3 is 3.27 bits per heavy atom. The molecular weight excluding hydrogens is 142 g/mol. The number of aliphatic imine (C=N–C) groups is 1. The van der Waals surface area contributed by atoms with Gasteiger partial charge in [-0.05, 0) is 0 Å². The molecule has 58 valence electrons. The quantitative estimate of drug-likeness (QED) is 0.541. The minimum absolute atomic E-state index is 0.288. The van der Waals surface area contributed by atoms with E-state index in [-0.39, 0.29) is 6.17 Å². The van der Waals surface area contributed by atoms with Gasteiger partial charge in [0.05, 0.1) is 18.4 Å². The van der Waals surface area contributed by atoms with Crippen molar-refractivity contribution in [2.45, 2.75) is 6.17 Å². The van der Waals surface area contributed by atoms with Gasteiger partial charge in [0.2, 0.25) is 0 Å². The first-order valence-corrected chi connectivity index (χ1v) is 3.34. The van der Waals surface area contributed by atoms with E-state index >= 15 is 0 Å². The minimum atomic E-state index is -0.288. The third-order valence-electron chi connectivity index (χ3n) is 1.68. The number of hydrogen-bond donors (Lipinski definition) is 2. The number of rotatable bonds is 0. The van der Waals surface area contributed by atoms with Crippen LogP contribution in [0.4, 0.5) is 5.82 Å². The molecule has 0 unspecified atom stereocenters. The zero-order valence-electron chi connectivity index (χ0n) is 6.15. The number of hydrogen-bond acceptors (Lipinski definition) is 4. The van der Waals surface area contributed by atoms with E-state index in [1.54, 1.807) is 12.7 Å². The van der Waals surface area contributed by atoms with Gasteiger partial charge in [0.25, 0.3) is 0 Å². The van der Waals surface area contributed by atoms with E-state index in [2.05, 4.69) is 15.0 Å². The minimum Gasteiger partial charge on any atom is -0.344 e. The van der Waals surface area contributed by atoms with Crippen molar-refractivity contribution in [3.8, 4) is 0 Å². The lowest BCUT2D eigenvalue weighted by molar-refractivity contribution is 0.739. The number of H-pyrrole nitrogens is 1. The molecule has 11 heavy (non-hydrogen) atoms. The Balaban J connectivity index is 2.50. The third kappa shape index (κ3) is 0.813. The second kappa shape index (κ2) is 2.06. The van der Waals surface area contributed by atoms with Gasteiger partial charge in [-0.3, -0.25) is 4.99 Å². The maximum Gasteiger partial charge on any atom is 0.158 e. The van der Waals surface area contributed by atoms with Gasteiger partial charge in [-0.1, -0.05) is 0 Å². The van der Waals surface area contributed by atoms with Crippen LogP contribution in [0.15, 0.2) is 11.3 Å². The molecule has 0 aliphatic carbocycles. The van der Waals surface area contributed by atoms with Gasteiger partial charge < -0.3 is 15.6 Å². The zero-order valence-corrected chi connectivity index (χ0v) is 6.15. The number of aromatic amines is 1. The van der Waals surface area contributed by atoms with Crippen molar-refractivity contribution in [1.29, 1.82) is 0 Å². The largest absolute Gasteiger partial charge is 0.344 e. The van der Waals surface area contributed by atoms with E-state index in [0.717, 1.165) is 11.5 Å². The number of fused-ring (bicyclic) bond motifs is 1. The number of anilines is 1.